The van der Waals surface area contributed by atoms with E-state index >= 15 is 0 Å². The first-order valence-electron chi connectivity index (χ1n) is 8.23. The van der Waals surface area contributed by atoms with Crippen LogP contribution in [0.1, 0.15) is 25.3 Å². The van der Waals surface area contributed by atoms with Crippen LogP contribution in [0.15, 0.2) is 34.9 Å². The minimum absolute atomic E-state index is 0.00754. The molecule has 1 aromatic rings. The van der Waals surface area contributed by atoms with Gasteiger partial charge in [0, 0.05) is 12.8 Å². The highest BCUT2D eigenvalue weighted by Gasteiger charge is 2.37. The second-order valence-corrected chi connectivity index (χ2v) is 6.32. The summed E-state index contributed by atoms with van der Waals surface area (Å²) < 4.78 is 11.3. The Morgan fingerprint density at radius 1 is 1.28 bits per heavy atom. The first-order valence-corrected chi connectivity index (χ1v) is 8.23. The number of methoxy groups -OCH3 is 1. The van der Waals surface area contributed by atoms with Gasteiger partial charge >= 0.3 is 0 Å². The Morgan fingerprint density at radius 2 is 2.04 bits per heavy atom. The molecule has 3 rings (SSSR count). The third kappa shape index (κ3) is 3.92. The van der Waals surface area contributed by atoms with Crippen LogP contribution in [0.25, 0.3) is 0 Å². The smallest absolute Gasteiger partial charge is 0.233 e. The summed E-state index contributed by atoms with van der Waals surface area (Å²) in [6.07, 6.45) is 1.28. The van der Waals surface area contributed by atoms with Crippen molar-refractivity contribution < 1.29 is 19.1 Å². The molecular weight excluding hydrogens is 319 g/mol. The molecule has 1 saturated carbocycles. The first-order chi connectivity index (χ1) is 12.0. The summed E-state index contributed by atoms with van der Waals surface area (Å²) in [6.45, 7) is 3.44. The second kappa shape index (κ2) is 7.13. The van der Waals surface area contributed by atoms with Crippen LogP contribution in [0.3, 0.4) is 0 Å². The van der Waals surface area contributed by atoms with Gasteiger partial charge < -0.3 is 14.8 Å². The molecule has 129 valence electrons. The molecule has 0 spiro atoms. The quantitative estimate of drug-likeness (QED) is 0.830. The number of benzene rings is 1. The van der Waals surface area contributed by atoms with Crippen LogP contribution in [0.5, 0.6) is 11.5 Å². The number of carbonyl (C=O) groups is 2. The average molecular weight is 339 g/mol. The Balaban J connectivity index is 1.50. The highest BCUT2D eigenvalue weighted by molar-refractivity contribution is 6.81. The van der Waals surface area contributed by atoms with Gasteiger partial charge in [0.1, 0.15) is 6.10 Å². The maximum absolute atomic E-state index is 12.2. The summed E-state index contributed by atoms with van der Waals surface area (Å²) in [5.74, 6) is 2.67. The lowest BCUT2D eigenvalue weighted by molar-refractivity contribution is -0.129. The lowest BCUT2D eigenvalue weighted by Gasteiger charge is -2.34. The topological polar surface area (TPSA) is 77.0 Å². The predicted octanol–water partition coefficient (Wildman–Crippen LogP) is 1.78. The van der Waals surface area contributed by atoms with E-state index in [1.807, 2.05) is 25.1 Å². The van der Waals surface area contributed by atoms with Crippen molar-refractivity contribution in [2.24, 2.45) is 10.9 Å². The first kappa shape index (κ1) is 17.3. The normalized spacial score (nSPS) is 21.4. The fraction of sp³-hybridized carbons (Fsp3) is 0.389. The van der Waals surface area contributed by atoms with Crippen LogP contribution in [-0.2, 0) is 9.59 Å². The fourth-order valence-corrected chi connectivity index (χ4v) is 2.79. The van der Waals surface area contributed by atoms with Gasteiger partial charge in [-0.05, 0) is 37.5 Å². The van der Waals surface area contributed by atoms with E-state index in [0.717, 1.165) is 5.56 Å². The predicted molar refractivity (Wildman–Crippen MR) is 95.0 cm³/mol. The molecule has 0 atom stereocenters. The Morgan fingerprint density at radius 3 is 2.68 bits per heavy atom. The number of aliphatic imine (C=N–C) groups is 1. The number of nitrogens with zero attached hydrogens (tertiary/aromatic N) is 1. The van der Waals surface area contributed by atoms with Gasteiger partial charge in [0.05, 0.1) is 18.5 Å². The van der Waals surface area contributed by atoms with Gasteiger partial charge in [0.2, 0.25) is 13.2 Å². The van der Waals surface area contributed by atoms with Gasteiger partial charge in [-0.15, -0.1) is 0 Å². The number of allylic oxidation sites excluding steroid dienone is 1. The van der Waals surface area contributed by atoms with Crippen molar-refractivity contribution in [1.82, 2.24) is 5.32 Å². The van der Waals surface area contributed by atoms with Crippen LogP contribution in [-0.4, -0.2) is 37.9 Å². The number of ether oxygens (including phenoxy) is 2. The summed E-state index contributed by atoms with van der Waals surface area (Å²) in [6, 6.07) is 5.77. The Hall–Kier alpha value is -2.57. The van der Waals surface area contributed by atoms with E-state index in [9.17, 15) is 9.59 Å². The molecule has 1 amide bonds. The summed E-state index contributed by atoms with van der Waals surface area (Å²) in [4.78, 5) is 27.5. The molecule has 1 fully saturated rings. The monoisotopic (exact) mass is 339 g/mol. The lowest BCUT2D eigenvalue weighted by atomic mass is 9.76. The maximum atomic E-state index is 12.2. The number of hydrogen-bond donors (Lipinski definition) is 1. The third-order valence-electron chi connectivity index (χ3n) is 4.33. The van der Waals surface area contributed by atoms with Crippen molar-refractivity contribution in [3.63, 3.8) is 0 Å². The van der Waals surface area contributed by atoms with E-state index in [2.05, 4.69) is 10.3 Å². The van der Waals surface area contributed by atoms with Crippen molar-refractivity contribution in [2.75, 3.05) is 7.11 Å². The maximum Gasteiger partial charge on any atom is 0.233 e. The van der Waals surface area contributed by atoms with Crippen LogP contribution in [0, 0.1) is 12.8 Å². The minimum atomic E-state index is -0.121. The summed E-state index contributed by atoms with van der Waals surface area (Å²) in [5.41, 5.74) is 1.87. The Bertz CT molecular complexity index is 766. The number of amides is 1. The molecule has 6 nitrogen and oxygen atoms in total. The number of Topliss-reactive ketones (excluding diaryl/α,β-unsaturated/α-hetero) is 1. The molecule has 0 unspecified atom stereocenters. The summed E-state index contributed by atoms with van der Waals surface area (Å²) >= 11 is 0. The second-order valence-electron chi connectivity index (χ2n) is 6.32. The van der Waals surface area contributed by atoms with E-state index in [1.165, 1.54) is 6.92 Å². The number of hydrogen-bond acceptors (Lipinski definition) is 5. The number of nitrogens with one attached hydrogen (secondary N) is 1. The molecular formula is C18H20BN2O4. The van der Waals surface area contributed by atoms with Crippen LogP contribution in [0.2, 0.25) is 0 Å². The van der Waals surface area contributed by atoms with Crippen LogP contribution >= 0.6 is 0 Å². The minimum Gasteiger partial charge on any atom is -0.493 e. The molecule has 0 saturated heterocycles. The number of carbonyl (C=O) groups excluding carboxylic acids is 2. The largest absolute Gasteiger partial charge is 0.493 e. The van der Waals surface area contributed by atoms with Crippen molar-refractivity contribution in [2.45, 2.75) is 32.8 Å². The number of aryl methyl sites for hydroxylation is 1. The zero-order valence-corrected chi connectivity index (χ0v) is 14.5. The zero-order chi connectivity index (χ0) is 18.0. The summed E-state index contributed by atoms with van der Waals surface area (Å²) in [7, 11) is 3.25. The van der Waals surface area contributed by atoms with E-state index in [-0.39, 0.29) is 23.7 Å². The van der Waals surface area contributed by atoms with E-state index in [4.69, 9.17) is 9.47 Å². The molecule has 0 bridgehead atoms. The molecule has 1 heterocycles. The lowest BCUT2D eigenvalue weighted by Crippen LogP contribution is -2.46. The Labute approximate surface area is 147 Å². The molecule has 25 heavy (non-hydrogen) atoms. The molecule has 0 aromatic heterocycles. The molecule has 2 aliphatic rings. The SMILES string of the molecule is COc1ccc(C)cc1OC1CC(C(=O)NC2=NC(C(C)=O)=C[B]2)C1. The van der Waals surface area contributed by atoms with Gasteiger partial charge in [-0.3, -0.25) is 9.59 Å². The van der Waals surface area contributed by atoms with E-state index < -0.39 is 0 Å². The molecule has 7 heteroatoms. The van der Waals surface area contributed by atoms with Crippen molar-refractivity contribution in [3.8, 4) is 11.5 Å². The highest BCUT2D eigenvalue weighted by atomic mass is 16.5. The van der Waals surface area contributed by atoms with Crippen molar-refractivity contribution in [3.05, 3.63) is 35.4 Å². The highest BCUT2D eigenvalue weighted by Crippen LogP contribution is 2.36. The zero-order valence-electron chi connectivity index (χ0n) is 14.5. The molecule has 1 radical (unpaired) electrons. The summed E-state index contributed by atoms with van der Waals surface area (Å²) in [5, 5.41) is 2.75. The molecule has 1 aromatic carbocycles. The average Bonchev–Trinajstić information content (AvgIpc) is 2.99. The van der Waals surface area contributed by atoms with E-state index in [0.29, 0.717) is 35.8 Å². The Kier molecular flexibility index (Phi) is 4.92. The van der Waals surface area contributed by atoms with Crippen molar-refractivity contribution >= 4 is 24.7 Å². The number of amidine groups is 1. The van der Waals surface area contributed by atoms with Gasteiger partial charge in [0.25, 0.3) is 0 Å². The number of rotatable bonds is 5. The third-order valence-corrected chi connectivity index (χ3v) is 4.33. The van der Waals surface area contributed by atoms with E-state index in [1.54, 1.807) is 20.4 Å². The molecule has 1 aliphatic heterocycles. The van der Waals surface area contributed by atoms with Crippen molar-refractivity contribution in [1.29, 1.82) is 0 Å². The van der Waals surface area contributed by atoms with Gasteiger partial charge in [-0.2, -0.15) is 0 Å². The van der Waals surface area contributed by atoms with Gasteiger partial charge in [-0.1, -0.05) is 12.0 Å². The van der Waals surface area contributed by atoms with Crippen LogP contribution < -0.4 is 14.8 Å². The fourth-order valence-electron chi connectivity index (χ4n) is 2.79. The molecule has 1 N–H and O–H groups in total. The standard InChI is InChI=1S/C18H20BN2O4/c1-10-4-5-15(24-3)16(6-10)25-13-7-12(8-13)17(23)21-18-19-9-14(20-18)11(2)22/h4-6,9,12-13H,7-8H2,1-3H3,(H,20,21,23). The van der Waals surface area contributed by atoms with Gasteiger partial charge in [-0.25, -0.2) is 4.99 Å². The van der Waals surface area contributed by atoms with Gasteiger partial charge in [0.15, 0.2) is 17.3 Å². The number of ketones is 1. The molecule has 1 aliphatic carbocycles. The van der Waals surface area contributed by atoms with Crippen LogP contribution in [0.4, 0.5) is 0 Å².